The lowest BCUT2D eigenvalue weighted by Gasteiger charge is -1.90. The summed E-state index contributed by atoms with van der Waals surface area (Å²) in [6, 6.07) is 7.78. The zero-order chi connectivity index (χ0) is 11.8. The van der Waals surface area contributed by atoms with Crippen molar-refractivity contribution in [3.05, 3.63) is 30.1 Å². The van der Waals surface area contributed by atoms with Crippen molar-refractivity contribution < 1.29 is 9.63 Å². The van der Waals surface area contributed by atoms with E-state index in [0.717, 1.165) is 10.9 Å². The van der Waals surface area contributed by atoms with E-state index in [2.05, 4.69) is 15.2 Å². The third-order valence-electron chi connectivity index (χ3n) is 2.57. The lowest BCUT2D eigenvalue weighted by molar-refractivity contribution is 0.264. The molecule has 17 heavy (non-hydrogen) atoms. The molecule has 2 heterocycles. The molecule has 0 aliphatic rings. The van der Waals surface area contributed by atoms with Crippen LogP contribution in [-0.2, 0) is 13.7 Å². The van der Waals surface area contributed by atoms with Gasteiger partial charge in [-0.25, -0.2) is 0 Å². The van der Waals surface area contributed by atoms with Gasteiger partial charge in [0.25, 0.3) is 5.89 Å². The zero-order valence-electron chi connectivity index (χ0n) is 9.16. The Labute approximate surface area is 96.5 Å². The minimum Gasteiger partial charge on any atom is -0.388 e. The topological polar surface area (TPSA) is 77.0 Å². The van der Waals surface area contributed by atoms with Crippen molar-refractivity contribution >= 4 is 10.9 Å². The van der Waals surface area contributed by atoms with Gasteiger partial charge >= 0.3 is 0 Å². The van der Waals surface area contributed by atoms with Crippen LogP contribution >= 0.6 is 0 Å². The first-order chi connectivity index (χ1) is 8.29. The quantitative estimate of drug-likeness (QED) is 0.713. The second-order valence-electron chi connectivity index (χ2n) is 3.66. The van der Waals surface area contributed by atoms with Gasteiger partial charge in [0, 0.05) is 12.4 Å². The van der Waals surface area contributed by atoms with Crippen molar-refractivity contribution in [2.75, 3.05) is 0 Å². The number of nitrogens with zero attached hydrogens (tertiary/aromatic N) is 4. The summed E-state index contributed by atoms with van der Waals surface area (Å²) in [7, 11) is 1.86. The maximum Gasteiger partial charge on any atom is 0.279 e. The molecule has 0 aliphatic heterocycles. The first-order valence-electron chi connectivity index (χ1n) is 5.15. The molecule has 0 saturated heterocycles. The third kappa shape index (κ3) is 1.50. The van der Waals surface area contributed by atoms with Gasteiger partial charge in [0.05, 0.1) is 5.52 Å². The molecular weight excluding hydrogens is 220 g/mol. The molecule has 86 valence electrons. The van der Waals surface area contributed by atoms with Gasteiger partial charge in [-0.2, -0.15) is 10.1 Å². The highest BCUT2D eigenvalue weighted by atomic mass is 16.5. The van der Waals surface area contributed by atoms with Crippen LogP contribution in [0, 0.1) is 0 Å². The first-order valence-corrected chi connectivity index (χ1v) is 5.15. The molecular formula is C11H10N4O2. The molecule has 0 atom stereocenters. The monoisotopic (exact) mass is 230 g/mol. The molecule has 0 saturated carbocycles. The molecule has 1 N–H and O–H groups in total. The second-order valence-corrected chi connectivity index (χ2v) is 3.66. The summed E-state index contributed by atoms with van der Waals surface area (Å²) in [5.41, 5.74) is 1.63. The van der Waals surface area contributed by atoms with E-state index in [4.69, 9.17) is 9.63 Å². The van der Waals surface area contributed by atoms with Gasteiger partial charge in [-0.1, -0.05) is 23.4 Å². The number of benzene rings is 1. The molecule has 0 spiro atoms. The highest BCUT2D eigenvalue weighted by Gasteiger charge is 2.16. The number of aliphatic hydroxyl groups is 1. The molecule has 6 nitrogen and oxygen atoms in total. The normalized spacial score (nSPS) is 11.2. The predicted octanol–water partition coefficient (Wildman–Crippen LogP) is 1.12. The van der Waals surface area contributed by atoms with E-state index < -0.39 is 0 Å². The molecule has 0 unspecified atom stereocenters. The van der Waals surface area contributed by atoms with Gasteiger partial charge in [0.1, 0.15) is 6.61 Å². The Kier molecular flexibility index (Phi) is 2.15. The predicted molar refractivity (Wildman–Crippen MR) is 59.9 cm³/mol. The molecule has 1 aromatic carbocycles. The molecule has 6 heteroatoms. The first kappa shape index (κ1) is 9.98. The number of para-hydroxylation sites is 1. The number of fused-ring (bicyclic) bond motifs is 1. The maximum atomic E-state index is 8.91. The Morgan fingerprint density at radius 2 is 2.18 bits per heavy atom. The van der Waals surface area contributed by atoms with E-state index in [1.165, 1.54) is 0 Å². The van der Waals surface area contributed by atoms with Gasteiger partial charge < -0.3 is 9.63 Å². The number of hydrogen-bond donors (Lipinski definition) is 1. The molecule has 3 aromatic rings. The van der Waals surface area contributed by atoms with Crippen LogP contribution in [-0.4, -0.2) is 25.0 Å². The SMILES string of the molecule is Cn1nc(-c2nc(CO)no2)c2ccccc21. The fourth-order valence-corrected chi connectivity index (χ4v) is 1.79. The summed E-state index contributed by atoms with van der Waals surface area (Å²) in [6.45, 7) is -0.242. The van der Waals surface area contributed by atoms with Gasteiger partial charge in [-0.3, -0.25) is 4.68 Å². The van der Waals surface area contributed by atoms with Gasteiger partial charge in [0.15, 0.2) is 11.5 Å². The van der Waals surface area contributed by atoms with E-state index in [9.17, 15) is 0 Å². The van der Waals surface area contributed by atoms with Crippen molar-refractivity contribution in [3.63, 3.8) is 0 Å². The summed E-state index contributed by atoms with van der Waals surface area (Å²) >= 11 is 0. The lowest BCUT2D eigenvalue weighted by atomic mass is 10.2. The van der Waals surface area contributed by atoms with Crippen molar-refractivity contribution in [2.45, 2.75) is 6.61 Å². The summed E-state index contributed by atoms with van der Waals surface area (Å²) in [4.78, 5) is 4.06. The lowest BCUT2D eigenvalue weighted by Crippen LogP contribution is -1.89. The van der Waals surface area contributed by atoms with Gasteiger partial charge in [0.2, 0.25) is 0 Å². The van der Waals surface area contributed by atoms with E-state index in [1.807, 2.05) is 31.3 Å². The minimum absolute atomic E-state index is 0.242. The second kappa shape index (κ2) is 3.67. The van der Waals surface area contributed by atoms with Crippen LogP contribution in [0.2, 0.25) is 0 Å². The van der Waals surface area contributed by atoms with Gasteiger partial charge in [-0.15, -0.1) is 0 Å². The highest BCUT2D eigenvalue weighted by molar-refractivity contribution is 5.91. The van der Waals surface area contributed by atoms with E-state index in [0.29, 0.717) is 11.6 Å². The number of aliphatic hydroxyl groups excluding tert-OH is 1. The smallest absolute Gasteiger partial charge is 0.279 e. The van der Waals surface area contributed by atoms with Crippen LogP contribution in [0.25, 0.3) is 22.5 Å². The van der Waals surface area contributed by atoms with Crippen LogP contribution in [0.5, 0.6) is 0 Å². The highest BCUT2D eigenvalue weighted by Crippen LogP contribution is 2.25. The molecule has 0 amide bonds. The Balaban J connectivity index is 2.23. The van der Waals surface area contributed by atoms with E-state index in [1.54, 1.807) is 4.68 Å². The largest absolute Gasteiger partial charge is 0.388 e. The molecule has 0 radical (unpaired) electrons. The molecule has 2 aromatic heterocycles. The van der Waals surface area contributed by atoms with E-state index >= 15 is 0 Å². The average molecular weight is 230 g/mol. The molecule has 0 fully saturated rings. The van der Waals surface area contributed by atoms with Crippen molar-refractivity contribution in [1.82, 2.24) is 19.9 Å². The molecule has 0 aliphatic carbocycles. The van der Waals surface area contributed by atoms with Crippen LogP contribution in [0.1, 0.15) is 5.82 Å². The van der Waals surface area contributed by atoms with Crippen LogP contribution in [0.4, 0.5) is 0 Å². The fraction of sp³-hybridized carbons (Fsp3) is 0.182. The number of hydrogen-bond acceptors (Lipinski definition) is 5. The maximum absolute atomic E-state index is 8.91. The number of aryl methyl sites for hydroxylation is 1. The zero-order valence-corrected chi connectivity index (χ0v) is 9.16. The summed E-state index contributed by atoms with van der Waals surface area (Å²) in [5.74, 6) is 0.584. The summed E-state index contributed by atoms with van der Waals surface area (Å²) in [6.07, 6.45) is 0. The van der Waals surface area contributed by atoms with Crippen LogP contribution in [0.3, 0.4) is 0 Å². The Hall–Kier alpha value is -2.21. The van der Waals surface area contributed by atoms with Gasteiger partial charge in [-0.05, 0) is 6.07 Å². The fourth-order valence-electron chi connectivity index (χ4n) is 1.79. The van der Waals surface area contributed by atoms with Crippen molar-refractivity contribution in [2.24, 2.45) is 7.05 Å². The number of rotatable bonds is 2. The van der Waals surface area contributed by atoms with Crippen molar-refractivity contribution in [3.8, 4) is 11.6 Å². The van der Waals surface area contributed by atoms with E-state index in [-0.39, 0.29) is 12.4 Å². The Morgan fingerprint density at radius 1 is 1.35 bits per heavy atom. The summed E-state index contributed by atoms with van der Waals surface area (Å²) in [5, 5.41) is 17.8. The Bertz CT molecular complexity index is 671. The standard InChI is InChI=1S/C11H10N4O2/c1-15-8-5-3-2-4-7(8)10(13-15)11-12-9(6-16)14-17-11/h2-5,16H,6H2,1H3. The molecule has 3 rings (SSSR count). The van der Waals surface area contributed by atoms with Crippen LogP contribution in [0.15, 0.2) is 28.8 Å². The average Bonchev–Trinajstić information content (AvgIpc) is 2.95. The van der Waals surface area contributed by atoms with Crippen LogP contribution < -0.4 is 0 Å². The minimum atomic E-state index is -0.242. The third-order valence-corrected chi connectivity index (χ3v) is 2.57. The summed E-state index contributed by atoms with van der Waals surface area (Å²) < 4.78 is 6.82. The van der Waals surface area contributed by atoms with Crippen molar-refractivity contribution in [1.29, 1.82) is 0 Å². The molecule has 0 bridgehead atoms. The number of aromatic nitrogens is 4. The Morgan fingerprint density at radius 3 is 2.94 bits per heavy atom.